The van der Waals surface area contributed by atoms with Gasteiger partial charge in [-0.3, -0.25) is 19.2 Å². The van der Waals surface area contributed by atoms with Crippen LogP contribution < -0.4 is 20.1 Å². The van der Waals surface area contributed by atoms with Gasteiger partial charge in [-0.05, 0) is 75.7 Å². The fraction of sp³-hybridized carbons (Fsp3) is 0.333. The molecule has 0 saturated carbocycles. The van der Waals surface area contributed by atoms with Crippen molar-refractivity contribution in [1.82, 2.24) is 9.47 Å². The fourth-order valence-corrected chi connectivity index (χ4v) is 5.53. The Morgan fingerprint density at radius 1 is 0.977 bits per heavy atom. The molecule has 0 unspecified atom stereocenters. The molecule has 224 valence electrons. The number of ether oxygens (including phenoxy) is 1. The highest BCUT2D eigenvalue weighted by Crippen LogP contribution is 2.39. The van der Waals surface area contributed by atoms with Gasteiger partial charge in [0.15, 0.2) is 0 Å². The van der Waals surface area contributed by atoms with Crippen molar-refractivity contribution in [3.63, 3.8) is 0 Å². The summed E-state index contributed by atoms with van der Waals surface area (Å²) in [6, 6.07) is 16.0. The summed E-state index contributed by atoms with van der Waals surface area (Å²) in [6.07, 6.45) is 1.67. The molecule has 10 nitrogen and oxygen atoms in total. The standard InChI is InChI=1S/C33H36N4O6/c1-7-37-26-13-10-23(19-27(26)34(5)31(40)33(3,4)32(37)41)29(38)36(20-22-8-11-24(42-6)12-9-22)17-16-35-15-14-28-25(30(35)39)18-21(2)43-28/h8-15,18-19H,7,16-17,20H2,1-6H3. The highest BCUT2D eigenvalue weighted by molar-refractivity contribution is 6.20. The third-order valence-corrected chi connectivity index (χ3v) is 8.02. The molecule has 1 aliphatic rings. The number of carbonyl (C=O) groups excluding carboxylic acids is 3. The van der Waals surface area contributed by atoms with E-state index in [2.05, 4.69) is 0 Å². The Morgan fingerprint density at radius 3 is 2.37 bits per heavy atom. The van der Waals surface area contributed by atoms with Crippen LogP contribution in [0.4, 0.5) is 11.4 Å². The van der Waals surface area contributed by atoms with Crippen LogP contribution in [0.15, 0.2) is 70.0 Å². The van der Waals surface area contributed by atoms with Crippen LogP contribution in [0.2, 0.25) is 0 Å². The summed E-state index contributed by atoms with van der Waals surface area (Å²) < 4.78 is 12.4. The van der Waals surface area contributed by atoms with Gasteiger partial charge in [-0.1, -0.05) is 12.1 Å². The zero-order chi connectivity index (χ0) is 31.1. The van der Waals surface area contributed by atoms with Gasteiger partial charge in [0.25, 0.3) is 11.5 Å². The number of aromatic nitrogens is 1. The molecule has 0 fully saturated rings. The van der Waals surface area contributed by atoms with E-state index in [1.54, 1.807) is 85.8 Å². The van der Waals surface area contributed by atoms with Gasteiger partial charge in [0.2, 0.25) is 11.8 Å². The van der Waals surface area contributed by atoms with Gasteiger partial charge < -0.3 is 28.4 Å². The molecule has 0 saturated heterocycles. The second-order valence-electron chi connectivity index (χ2n) is 11.3. The maximum Gasteiger partial charge on any atom is 0.261 e. The second kappa shape index (κ2) is 11.4. The number of benzene rings is 2. The molecular formula is C33H36N4O6. The molecule has 2 aromatic heterocycles. The average Bonchev–Trinajstić information content (AvgIpc) is 3.38. The lowest BCUT2D eigenvalue weighted by molar-refractivity contribution is -0.137. The van der Waals surface area contributed by atoms with Crippen molar-refractivity contribution >= 4 is 40.1 Å². The van der Waals surface area contributed by atoms with Gasteiger partial charge in [-0.2, -0.15) is 0 Å². The Hall–Kier alpha value is -4.86. The summed E-state index contributed by atoms with van der Waals surface area (Å²) in [6.45, 7) is 8.05. The fourth-order valence-electron chi connectivity index (χ4n) is 5.53. The van der Waals surface area contributed by atoms with Crippen molar-refractivity contribution in [2.24, 2.45) is 5.41 Å². The van der Waals surface area contributed by atoms with Gasteiger partial charge in [0, 0.05) is 45.0 Å². The molecule has 0 radical (unpaired) electrons. The van der Waals surface area contributed by atoms with E-state index in [9.17, 15) is 19.2 Å². The summed E-state index contributed by atoms with van der Waals surface area (Å²) in [5, 5.41) is 0.490. The van der Waals surface area contributed by atoms with Crippen LogP contribution in [0.3, 0.4) is 0 Å². The summed E-state index contributed by atoms with van der Waals surface area (Å²) in [4.78, 5) is 58.6. The van der Waals surface area contributed by atoms with Crippen molar-refractivity contribution in [1.29, 1.82) is 0 Å². The van der Waals surface area contributed by atoms with Crippen LogP contribution >= 0.6 is 0 Å². The van der Waals surface area contributed by atoms with Crippen LogP contribution in [0, 0.1) is 12.3 Å². The largest absolute Gasteiger partial charge is 0.497 e. The van der Waals surface area contributed by atoms with Gasteiger partial charge >= 0.3 is 0 Å². The van der Waals surface area contributed by atoms with E-state index in [-0.39, 0.29) is 42.9 Å². The summed E-state index contributed by atoms with van der Waals surface area (Å²) >= 11 is 0. The smallest absolute Gasteiger partial charge is 0.261 e. The van der Waals surface area contributed by atoms with E-state index in [1.165, 1.54) is 4.90 Å². The lowest BCUT2D eigenvalue weighted by atomic mass is 9.90. The van der Waals surface area contributed by atoms with Gasteiger partial charge in [0.05, 0.1) is 23.9 Å². The number of hydrogen-bond donors (Lipinski definition) is 0. The number of furan rings is 1. The molecule has 0 aliphatic carbocycles. The Morgan fingerprint density at radius 2 is 1.70 bits per heavy atom. The van der Waals surface area contributed by atoms with Crippen molar-refractivity contribution in [3.8, 4) is 5.75 Å². The summed E-state index contributed by atoms with van der Waals surface area (Å²) in [5.41, 5.74) is 1.38. The highest BCUT2D eigenvalue weighted by Gasteiger charge is 2.45. The lowest BCUT2D eigenvalue weighted by Gasteiger charge is -2.27. The third kappa shape index (κ3) is 5.40. The summed E-state index contributed by atoms with van der Waals surface area (Å²) in [7, 11) is 3.22. The predicted octanol–water partition coefficient (Wildman–Crippen LogP) is 4.61. The van der Waals surface area contributed by atoms with Gasteiger partial charge in [-0.25, -0.2) is 0 Å². The Bertz CT molecular complexity index is 1770. The molecule has 5 rings (SSSR count). The van der Waals surface area contributed by atoms with Crippen molar-refractivity contribution < 1.29 is 23.5 Å². The van der Waals surface area contributed by atoms with Crippen LogP contribution in [0.5, 0.6) is 5.75 Å². The molecule has 2 aromatic carbocycles. The number of pyridine rings is 1. The first-order chi connectivity index (χ1) is 20.5. The molecule has 43 heavy (non-hydrogen) atoms. The number of hydrogen-bond acceptors (Lipinski definition) is 6. The maximum absolute atomic E-state index is 14.1. The Balaban J connectivity index is 1.50. The molecule has 0 atom stereocenters. The Labute approximate surface area is 250 Å². The summed E-state index contributed by atoms with van der Waals surface area (Å²) in [5.74, 6) is 0.443. The molecule has 0 spiro atoms. The lowest BCUT2D eigenvalue weighted by Crippen LogP contribution is -2.47. The third-order valence-electron chi connectivity index (χ3n) is 8.02. The normalized spacial score (nSPS) is 14.6. The number of aryl methyl sites for hydroxylation is 1. The minimum atomic E-state index is -1.25. The number of methoxy groups -OCH3 is 1. The molecule has 10 heteroatoms. The van der Waals surface area contributed by atoms with Crippen molar-refractivity contribution in [3.05, 3.63) is 88.0 Å². The van der Waals surface area contributed by atoms with Crippen molar-refractivity contribution in [2.45, 2.75) is 40.8 Å². The quantitative estimate of drug-likeness (QED) is 0.280. The molecule has 3 amide bonds. The Kier molecular flexibility index (Phi) is 7.88. The first kappa shape index (κ1) is 29.6. The highest BCUT2D eigenvalue weighted by atomic mass is 16.5. The number of anilines is 2. The number of nitrogens with zero attached hydrogens (tertiary/aromatic N) is 4. The molecule has 4 aromatic rings. The minimum absolute atomic E-state index is 0.191. The second-order valence-corrected chi connectivity index (χ2v) is 11.3. The van der Waals surface area contributed by atoms with E-state index >= 15 is 0 Å². The first-order valence-corrected chi connectivity index (χ1v) is 14.2. The monoisotopic (exact) mass is 584 g/mol. The number of rotatable bonds is 8. The topological polar surface area (TPSA) is 105 Å². The van der Waals surface area contributed by atoms with E-state index in [0.717, 1.165) is 5.56 Å². The van der Waals surface area contributed by atoms with E-state index in [0.29, 0.717) is 46.0 Å². The first-order valence-electron chi connectivity index (χ1n) is 14.2. The average molecular weight is 585 g/mol. The minimum Gasteiger partial charge on any atom is -0.497 e. The molecular weight excluding hydrogens is 548 g/mol. The zero-order valence-corrected chi connectivity index (χ0v) is 25.3. The SMILES string of the molecule is CCN1C(=O)C(C)(C)C(=O)N(C)c2cc(C(=O)N(CCn3ccc4oc(C)cc4c3=O)Cc3ccc(OC)cc3)ccc21. The van der Waals surface area contributed by atoms with Crippen LogP contribution in [-0.4, -0.2) is 54.4 Å². The number of fused-ring (bicyclic) bond motifs is 2. The predicted molar refractivity (Wildman–Crippen MR) is 165 cm³/mol. The van der Waals surface area contributed by atoms with Crippen LogP contribution in [-0.2, 0) is 22.7 Å². The van der Waals surface area contributed by atoms with Gasteiger partial charge in [-0.15, -0.1) is 0 Å². The number of carbonyl (C=O) groups is 3. The van der Waals surface area contributed by atoms with Crippen LogP contribution in [0.1, 0.15) is 42.5 Å². The zero-order valence-electron chi connectivity index (χ0n) is 25.3. The van der Waals surface area contributed by atoms with E-state index < -0.39 is 5.41 Å². The van der Waals surface area contributed by atoms with Crippen molar-refractivity contribution in [2.75, 3.05) is 37.0 Å². The molecule has 3 heterocycles. The van der Waals surface area contributed by atoms with E-state index in [1.807, 2.05) is 31.2 Å². The van der Waals surface area contributed by atoms with Gasteiger partial charge in [0.1, 0.15) is 22.5 Å². The number of amides is 3. The molecule has 1 aliphatic heterocycles. The molecule has 0 N–H and O–H groups in total. The van der Waals surface area contributed by atoms with E-state index in [4.69, 9.17) is 9.15 Å². The maximum atomic E-state index is 14.1. The molecule has 0 bridgehead atoms. The van der Waals surface area contributed by atoms with Crippen LogP contribution in [0.25, 0.3) is 11.0 Å².